The van der Waals surface area contributed by atoms with E-state index in [4.69, 9.17) is 5.11 Å². The molecule has 0 aromatic heterocycles. The molecule has 0 radical (unpaired) electrons. The standard InChI is InChI=1S/C7H8O2.C2H6.C2H4/c8-7(9)6-4-2-1-3-5-6;2*1-2/h2,4-5H,1,3H2,(H,8,9);1-2H3;1-2H2. The summed E-state index contributed by atoms with van der Waals surface area (Å²) in [7, 11) is 0. The normalized spacial score (nSPS) is 12.6. The van der Waals surface area contributed by atoms with E-state index in [2.05, 4.69) is 13.2 Å². The summed E-state index contributed by atoms with van der Waals surface area (Å²) in [6, 6.07) is 0. The van der Waals surface area contributed by atoms with Crippen molar-refractivity contribution in [3.05, 3.63) is 37.0 Å². The highest BCUT2D eigenvalue weighted by Crippen LogP contribution is 2.08. The summed E-state index contributed by atoms with van der Waals surface area (Å²) in [5, 5.41) is 8.42. The highest BCUT2D eigenvalue weighted by atomic mass is 16.4. The van der Waals surface area contributed by atoms with E-state index in [-0.39, 0.29) is 0 Å². The van der Waals surface area contributed by atoms with E-state index in [0.717, 1.165) is 12.8 Å². The van der Waals surface area contributed by atoms with Crippen LogP contribution < -0.4 is 0 Å². The number of aliphatic carboxylic acids is 1. The summed E-state index contributed by atoms with van der Waals surface area (Å²) in [5.41, 5.74) is 0.418. The summed E-state index contributed by atoms with van der Waals surface area (Å²) in [5.74, 6) is -0.828. The molecule has 0 amide bonds. The van der Waals surface area contributed by atoms with Gasteiger partial charge in [0.05, 0.1) is 5.57 Å². The minimum Gasteiger partial charge on any atom is -0.478 e. The number of rotatable bonds is 1. The molecule has 0 spiro atoms. The maximum Gasteiger partial charge on any atom is 0.335 e. The molecule has 0 saturated carbocycles. The van der Waals surface area contributed by atoms with E-state index in [1.807, 2.05) is 19.9 Å². The fourth-order valence-electron chi connectivity index (χ4n) is 0.772. The quantitative estimate of drug-likeness (QED) is 0.632. The number of allylic oxidation sites excluding steroid dienone is 2. The summed E-state index contributed by atoms with van der Waals surface area (Å²) in [6.07, 6.45) is 7.09. The van der Waals surface area contributed by atoms with Crippen molar-refractivity contribution in [1.29, 1.82) is 0 Å². The molecule has 1 aliphatic carbocycles. The Morgan fingerprint density at radius 1 is 1.38 bits per heavy atom. The zero-order valence-electron chi connectivity index (χ0n) is 8.42. The topological polar surface area (TPSA) is 37.3 Å². The molecular weight excluding hydrogens is 164 g/mol. The third kappa shape index (κ3) is 7.06. The van der Waals surface area contributed by atoms with Crippen molar-refractivity contribution < 1.29 is 9.90 Å². The average molecular weight is 182 g/mol. The lowest BCUT2D eigenvalue weighted by Crippen LogP contribution is -1.99. The molecule has 1 aliphatic rings. The number of hydrogen-bond donors (Lipinski definition) is 1. The van der Waals surface area contributed by atoms with Crippen LogP contribution >= 0.6 is 0 Å². The Hall–Kier alpha value is -1.31. The van der Waals surface area contributed by atoms with Crippen molar-refractivity contribution in [1.82, 2.24) is 0 Å². The zero-order chi connectivity index (χ0) is 10.7. The molecule has 2 heteroatoms. The largest absolute Gasteiger partial charge is 0.478 e. The first kappa shape index (κ1) is 14.2. The molecule has 1 N–H and O–H groups in total. The molecule has 74 valence electrons. The first-order valence-electron chi connectivity index (χ1n) is 4.40. The number of hydrogen-bond acceptors (Lipinski definition) is 1. The summed E-state index contributed by atoms with van der Waals surface area (Å²) in [6.45, 7) is 10.0. The predicted molar refractivity (Wildman–Crippen MR) is 56.7 cm³/mol. The molecule has 13 heavy (non-hydrogen) atoms. The summed E-state index contributed by atoms with van der Waals surface area (Å²) >= 11 is 0. The Labute approximate surface area is 80.3 Å². The number of carboxylic acid groups (broad SMARTS) is 1. The van der Waals surface area contributed by atoms with Gasteiger partial charge in [0.15, 0.2) is 0 Å². The first-order valence-corrected chi connectivity index (χ1v) is 4.40. The Morgan fingerprint density at radius 3 is 2.15 bits per heavy atom. The minimum atomic E-state index is -0.828. The van der Waals surface area contributed by atoms with E-state index in [0.29, 0.717) is 5.57 Å². The van der Waals surface area contributed by atoms with Crippen LogP contribution in [0, 0.1) is 0 Å². The van der Waals surface area contributed by atoms with E-state index < -0.39 is 5.97 Å². The maximum atomic E-state index is 10.2. The van der Waals surface area contributed by atoms with Gasteiger partial charge in [0.1, 0.15) is 0 Å². The fourth-order valence-corrected chi connectivity index (χ4v) is 0.772. The molecular formula is C11H18O2. The molecule has 0 aromatic rings. The molecule has 0 bridgehead atoms. The Balaban J connectivity index is 0. The van der Waals surface area contributed by atoms with Crippen molar-refractivity contribution in [2.24, 2.45) is 0 Å². The maximum absolute atomic E-state index is 10.2. The lowest BCUT2D eigenvalue weighted by atomic mass is 10.1. The molecule has 1 rings (SSSR count). The van der Waals surface area contributed by atoms with E-state index in [1.165, 1.54) is 0 Å². The van der Waals surface area contributed by atoms with Crippen LogP contribution in [-0.4, -0.2) is 11.1 Å². The molecule has 2 nitrogen and oxygen atoms in total. The van der Waals surface area contributed by atoms with Crippen LogP contribution in [0.2, 0.25) is 0 Å². The highest BCUT2D eigenvalue weighted by molar-refractivity contribution is 5.89. The van der Waals surface area contributed by atoms with Gasteiger partial charge in [-0.1, -0.05) is 32.1 Å². The van der Waals surface area contributed by atoms with Crippen molar-refractivity contribution in [3.8, 4) is 0 Å². The van der Waals surface area contributed by atoms with Crippen molar-refractivity contribution in [2.45, 2.75) is 26.7 Å². The van der Waals surface area contributed by atoms with Crippen molar-refractivity contribution in [2.75, 3.05) is 0 Å². The van der Waals surface area contributed by atoms with Gasteiger partial charge in [-0.05, 0) is 12.8 Å². The monoisotopic (exact) mass is 182 g/mol. The third-order valence-corrected chi connectivity index (χ3v) is 1.24. The van der Waals surface area contributed by atoms with Crippen LogP contribution in [-0.2, 0) is 4.79 Å². The van der Waals surface area contributed by atoms with Crippen LogP contribution in [0.5, 0.6) is 0 Å². The average Bonchev–Trinajstić information content (AvgIpc) is 2.25. The van der Waals surface area contributed by atoms with Gasteiger partial charge in [-0.25, -0.2) is 4.79 Å². The molecule has 0 unspecified atom stereocenters. The lowest BCUT2D eigenvalue weighted by Gasteiger charge is -1.98. The van der Waals surface area contributed by atoms with Gasteiger partial charge in [-0.2, -0.15) is 0 Å². The molecule has 0 aromatic carbocycles. The lowest BCUT2D eigenvalue weighted by molar-refractivity contribution is -0.132. The van der Waals surface area contributed by atoms with Crippen LogP contribution in [0.1, 0.15) is 26.7 Å². The Morgan fingerprint density at radius 2 is 1.92 bits per heavy atom. The van der Waals surface area contributed by atoms with Crippen molar-refractivity contribution >= 4 is 5.97 Å². The molecule has 0 saturated heterocycles. The summed E-state index contributed by atoms with van der Waals surface area (Å²) in [4.78, 5) is 10.2. The Kier molecular flexibility index (Phi) is 11.7. The zero-order valence-corrected chi connectivity index (χ0v) is 8.42. The molecule has 0 heterocycles. The van der Waals surface area contributed by atoms with Crippen LogP contribution in [0.25, 0.3) is 0 Å². The second-order valence-electron chi connectivity index (χ2n) is 1.94. The van der Waals surface area contributed by atoms with E-state index in [1.54, 1.807) is 12.2 Å². The van der Waals surface area contributed by atoms with Gasteiger partial charge >= 0.3 is 5.97 Å². The third-order valence-electron chi connectivity index (χ3n) is 1.24. The van der Waals surface area contributed by atoms with Gasteiger partial charge in [0, 0.05) is 0 Å². The van der Waals surface area contributed by atoms with Crippen LogP contribution in [0.15, 0.2) is 37.0 Å². The van der Waals surface area contributed by atoms with Gasteiger partial charge < -0.3 is 5.11 Å². The highest BCUT2D eigenvalue weighted by Gasteiger charge is 2.03. The van der Waals surface area contributed by atoms with Crippen molar-refractivity contribution in [3.63, 3.8) is 0 Å². The first-order chi connectivity index (χ1) is 6.30. The van der Waals surface area contributed by atoms with Gasteiger partial charge in [0.2, 0.25) is 0 Å². The van der Waals surface area contributed by atoms with Gasteiger partial charge in [0.25, 0.3) is 0 Å². The fraction of sp³-hybridized carbons (Fsp3) is 0.364. The molecule has 0 aliphatic heterocycles. The second-order valence-corrected chi connectivity index (χ2v) is 1.94. The van der Waals surface area contributed by atoms with Crippen LogP contribution in [0.4, 0.5) is 0 Å². The second kappa shape index (κ2) is 10.7. The van der Waals surface area contributed by atoms with Gasteiger partial charge in [-0.15, -0.1) is 13.2 Å². The predicted octanol–water partition coefficient (Wildman–Crippen LogP) is 3.18. The van der Waals surface area contributed by atoms with E-state index >= 15 is 0 Å². The molecule has 0 fully saturated rings. The van der Waals surface area contributed by atoms with Crippen LogP contribution in [0.3, 0.4) is 0 Å². The Bertz CT molecular complexity index is 190. The molecule has 0 atom stereocenters. The van der Waals surface area contributed by atoms with Gasteiger partial charge in [-0.3, -0.25) is 0 Å². The SMILES string of the molecule is C=C.CC.O=C(O)C1=CCCC=C1. The number of carbonyl (C=O) groups is 1. The smallest absolute Gasteiger partial charge is 0.335 e. The number of carboxylic acids is 1. The van der Waals surface area contributed by atoms with E-state index in [9.17, 15) is 4.79 Å². The minimum absolute atomic E-state index is 0.418. The summed E-state index contributed by atoms with van der Waals surface area (Å²) < 4.78 is 0.